The fourth-order valence-corrected chi connectivity index (χ4v) is 2.02. The third-order valence-electron chi connectivity index (χ3n) is 2.03. The largest absolute Gasteiger partial charge is 0.294 e. The van der Waals surface area contributed by atoms with Gasteiger partial charge in [0.1, 0.15) is 5.56 Å². The molecule has 0 unspecified atom stereocenters. The summed E-state index contributed by atoms with van der Waals surface area (Å²) in [6, 6.07) is 0. The molecule has 2 heterocycles. The third kappa shape index (κ3) is 1.52. The monoisotopic (exact) mass is 223 g/mol. The minimum Gasteiger partial charge on any atom is -0.294 e. The van der Waals surface area contributed by atoms with E-state index in [4.69, 9.17) is 0 Å². The van der Waals surface area contributed by atoms with Crippen LogP contribution in [0.1, 0.15) is 23.0 Å². The number of thiazole rings is 1. The van der Waals surface area contributed by atoms with E-state index in [-0.39, 0.29) is 16.9 Å². The Kier molecular flexibility index (Phi) is 2.28. The average Bonchev–Trinajstić information content (AvgIpc) is 2.72. The van der Waals surface area contributed by atoms with E-state index in [1.54, 1.807) is 18.5 Å². The zero-order chi connectivity index (χ0) is 11.0. The number of rotatable bonds is 2. The molecule has 5 nitrogen and oxygen atoms in total. The van der Waals surface area contributed by atoms with Gasteiger partial charge in [-0.05, 0) is 13.8 Å². The molecule has 0 saturated heterocycles. The molecule has 0 atom stereocenters. The van der Waals surface area contributed by atoms with Crippen molar-refractivity contribution >= 4 is 17.1 Å². The van der Waals surface area contributed by atoms with Crippen LogP contribution >= 0.6 is 11.3 Å². The van der Waals surface area contributed by atoms with Crippen molar-refractivity contribution in [1.82, 2.24) is 14.8 Å². The SMILES string of the molecule is CC(=O)c1c(C)[nH]n(-c2nccs2)c1=O. The van der Waals surface area contributed by atoms with Crippen molar-refractivity contribution < 1.29 is 4.79 Å². The normalized spacial score (nSPS) is 10.5. The summed E-state index contributed by atoms with van der Waals surface area (Å²) in [6.45, 7) is 3.08. The number of ketones is 1. The minimum absolute atomic E-state index is 0.199. The zero-order valence-corrected chi connectivity index (χ0v) is 9.09. The van der Waals surface area contributed by atoms with Gasteiger partial charge < -0.3 is 0 Å². The first-order valence-corrected chi connectivity index (χ1v) is 5.21. The number of aromatic amines is 1. The maximum absolute atomic E-state index is 11.8. The highest BCUT2D eigenvalue weighted by molar-refractivity contribution is 7.12. The predicted octanol–water partition coefficient (Wildman–Crippen LogP) is 1.13. The van der Waals surface area contributed by atoms with Crippen molar-refractivity contribution in [3.63, 3.8) is 0 Å². The number of aryl methyl sites for hydroxylation is 1. The van der Waals surface area contributed by atoms with Crippen molar-refractivity contribution in [3.05, 3.63) is 33.2 Å². The molecular weight excluding hydrogens is 214 g/mol. The molecule has 0 aliphatic heterocycles. The van der Waals surface area contributed by atoms with Gasteiger partial charge in [0.05, 0.1) is 0 Å². The van der Waals surface area contributed by atoms with E-state index in [0.717, 1.165) is 0 Å². The van der Waals surface area contributed by atoms with Gasteiger partial charge in [-0.25, -0.2) is 4.98 Å². The highest BCUT2D eigenvalue weighted by Gasteiger charge is 2.16. The van der Waals surface area contributed by atoms with Gasteiger partial charge in [-0.2, -0.15) is 4.68 Å². The van der Waals surface area contributed by atoms with Crippen LogP contribution in [0, 0.1) is 6.92 Å². The van der Waals surface area contributed by atoms with Crippen molar-refractivity contribution in [2.75, 3.05) is 0 Å². The van der Waals surface area contributed by atoms with E-state index in [2.05, 4.69) is 10.1 Å². The summed E-state index contributed by atoms with van der Waals surface area (Å²) in [7, 11) is 0. The number of carbonyl (C=O) groups excluding carboxylic acids is 1. The maximum Gasteiger partial charge on any atom is 0.284 e. The molecule has 2 aromatic rings. The van der Waals surface area contributed by atoms with Crippen LogP contribution in [0.4, 0.5) is 0 Å². The predicted molar refractivity (Wildman–Crippen MR) is 56.8 cm³/mol. The van der Waals surface area contributed by atoms with E-state index in [0.29, 0.717) is 10.8 Å². The molecule has 15 heavy (non-hydrogen) atoms. The zero-order valence-electron chi connectivity index (χ0n) is 8.27. The fourth-order valence-electron chi connectivity index (χ4n) is 1.42. The molecule has 0 aliphatic carbocycles. The van der Waals surface area contributed by atoms with Crippen LogP contribution < -0.4 is 5.56 Å². The van der Waals surface area contributed by atoms with Crippen molar-refractivity contribution in [3.8, 4) is 5.13 Å². The molecule has 0 radical (unpaired) electrons. The maximum atomic E-state index is 11.8. The van der Waals surface area contributed by atoms with Gasteiger partial charge in [0.2, 0.25) is 5.13 Å². The van der Waals surface area contributed by atoms with E-state index >= 15 is 0 Å². The second-order valence-electron chi connectivity index (χ2n) is 3.12. The number of Topliss-reactive ketones (excluding diaryl/α,β-unsaturated/α-hetero) is 1. The Morgan fingerprint density at radius 2 is 2.33 bits per heavy atom. The second-order valence-corrected chi connectivity index (χ2v) is 4.00. The van der Waals surface area contributed by atoms with Gasteiger partial charge in [-0.3, -0.25) is 14.7 Å². The van der Waals surface area contributed by atoms with Crippen molar-refractivity contribution in [2.24, 2.45) is 0 Å². The molecule has 0 amide bonds. The van der Waals surface area contributed by atoms with Gasteiger partial charge in [-0.15, -0.1) is 11.3 Å². The molecule has 0 spiro atoms. The number of carbonyl (C=O) groups is 1. The van der Waals surface area contributed by atoms with Crippen molar-refractivity contribution in [2.45, 2.75) is 13.8 Å². The van der Waals surface area contributed by atoms with E-state index in [1.807, 2.05) is 0 Å². The number of nitrogens with one attached hydrogen (secondary N) is 1. The lowest BCUT2D eigenvalue weighted by Crippen LogP contribution is -2.19. The number of H-pyrrole nitrogens is 1. The third-order valence-corrected chi connectivity index (χ3v) is 2.79. The Morgan fingerprint density at radius 3 is 2.80 bits per heavy atom. The lowest BCUT2D eigenvalue weighted by Gasteiger charge is -1.92. The van der Waals surface area contributed by atoms with Crippen LogP contribution in [0.15, 0.2) is 16.4 Å². The Bertz CT molecular complexity index is 550. The van der Waals surface area contributed by atoms with E-state index < -0.39 is 0 Å². The first-order chi connectivity index (χ1) is 7.11. The van der Waals surface area contributed by atoms with Gasteiger partial charge in [0.25, 0.3) is 5.56 Å². The van der Waals surface area contributed by atoms with Gasteiger partial charge in [0, 0.05) is 17.3 Å². The van der Waals surface area contributed by atoms with Crippen LogP contribution in [0.5, 0.6) is 0 Å². The summed E-state index contributed by atoms with van der Waals surface area (Å²) in [4.78, 5) is 27.0. The summed E-state index contributed by atoms with van der Waals surface area (Å²) >= 11 is 1.33. The minimum atomic E-state index is -0.338. The molecule has 0 aliphatic rings. The van der Waals surface area contributed by atoms with Crippen LogP contribution in [-0.4, -0.2) is 20.5 Å². The van der Waals surface area contributed by atoms with Gasteiger partial charge >= 0.3 is 0 Å². The molecule has 0 saturated carbocycles. The Morgan fingerprint density at radius 1 is 1.60 bits per heavy atom. The summed E-state index contributed by atoms with van der Waals surface area (Å²) in [6.07, 6.45) is 1.61. The van der Waals surface area contributed by atoms with Crippen LogP contribution in [0.2, 0.25) is 0 Å². The first kappa shape index (κ1) is 9.85. The molecule has 0 fully saturated rings. The topological polar surface area (TPSA) is 67.8 Å². The Labute approximate surface area is 89.4 Å². The lowest BCUT2D eigenvalue weighted by molar-refractivity contribution is 0.101. The molecule has 2 rings (SSSR count). The summed E-state index contributed by atoms with van der Waals surface area (Å²) in [5.41, 5.74) is 0.433. The van der Waals surface area contributed by atoms with Gasteiger partial charge in [-0.1, -0.05) is 0 Å². The van der Waals surface area contributed by atoms with Crippen molar-refractivity contribution in [1.29, 1.82) is 0 Å². The van der Waals surface area contributed by atoms with Gasteiger partial charge in [0.15, 0.2) is 5.78 Å². The molecular formula is C9H9N3O2S. The lowest BCUT2D eigenvalue weighted by atomic mass is 10.2. The molecule has 0 aromatic carbocycles. The number of hydrogen-bond donors (Lipinski definition) is 1. The Hall–Kier alpha value is -1.69. The summed E-state index contributed by atoms with van der Waals surface area (Å²) in [5, 5.41) is 5.13. The fraction of sp³-hybridized carbons (Fsp3) is 0.222. The number of nitrogens with zero attached hydrogens (tertiary/aromatic N) is 2. The molecule has 78 valence electrons. The number of aromatic nitrogens is 3. The molecule has 0 bridgehead atoms. The smallest absolute Gasteiger partial charge is 0.284 e. The van der Waals surface area contributed by atoms with Crippen LogP contribution in [0.3, 0.4) is 0 Å². The quantitative estimate of drug-likeness (QED) is 0.776. The number of hydrogen-bond acceptors (Lipinski definition) is 4. The second kappa shape index (κ2) is 3.47. The average molecular weight is 223 g/mol. The van der Waals surface area contributed by atoms with E-state index in [1.165, 1.54) is 22.9 Å². The Balaban J connectivity index is 2.67. The highest BCUT2D eigenvalue weighted by atomic mass is 32.1. The first-order valence-electron chi connectivity index (χ1n) is 4.33. The molecule has 2 aromatic heterocycles. The highest BCUT2D eigenvalue weighted by Crippen LogP contribution is 2.09. The standard InChI is InChI=1S/C9H9N3O2S/c1-5-7(6(2)13)8(14)12(11-5)9-10-3-4-15-9/h3-4,11H,1-2H3. The summed E-state index contributed by atoms with van der Waals surface area (Å²) < 4.78 is 1.29. The van der Waals surface area contributed by atoms with Crippen LogP contribution in [0.25, 0.3) is 5.13 Å². The summed E-state index contributed by atoms with van der Waals surface area (Å²) in [5.74, 6) is -0.232. The van der Waals surface area contributed by atoms with E-state index in [9.17, 15) is 9.59 Å². The van der Waals surface area contributed by atoms with Crippen LogP contribution in [-0.2, 0) is 0 Å². The molecule has 6 heteroatoms. The molecule has 1 N–H and O–H groups in total.